The molecule has 0 spiro atoms. The van der Waals surface area contributed by atoms with E-state index in [0.717, 1.165) is 11.3 Å². The molecule has 1 aromatic carbocycles. The van der Waals surface area contributed by atoms with Gasteiger partial charge in [0.05, 0.1) is 11.7 Å². The molecule has 2 rings (SSSR count). The first-order chi connectivity index (χ1) is 7.16. The molecule has 0 amide bonds. The number of benzene rings is 1. The minimum absolute atomic E-state index is 0.279. The number of nitrogens with two attached hydrogens (primary N) is 1. The fourth-order valence-electron chi connectivity index (χ4n) is 1.47. The monoisotopic (exact) mass is 205 g/mol. The Balaban J connectivity index is 2.32. The summed E-state index contributed by atoms with van der Waals surface area (Å²) in [7, 11) is 1.82. The van der Waals surface area contributed by atoms with Crippen LogP contribution in [0, 0.1) is 5.82 Å². The summed E-state index contributed by atoms with van der Waals surface area (Å²) in [5, 5.41) is 4.19. The Morgan fingerprint density at radius 2 is 2.20 bits per heavy atom. The quantitative estimate of drug-likeness (QED) is 0.809. The van der Waals surface area contributed by atoms with E-state index in [4.69, 9.17) is 5.73 Å². The molecule has 4 heteroatoms. The molecule has 0 saturated carbocycles. The standard InChI is InChI=1S/C11H12FN3/c1-15-6-5-10(14-15)11(13)8-3-2-4-9(12)7-8/h2-7,11H,13H2,1H3. The molecular formula is C11H12FN3. The molecule has 1 aromatic heterocycles. The van der Waals surface area contributed by atoms with Crippen molar-refractivity contribution in [3.05, 3.63) is 53.6 Å². The molecule has 0 saturated heterocycles. The minimum atomic E-state index is -0.373. The van der Waals surface area contributed by atoms with Gasteiger partial charge in [-0.05, 0) is 23.8 Å². The molecule has 3 nitrogen and oxygen atoms in total. The van der Waals surface area contributed by atoms with Gasteiger partial charge in [0.15, 0.2) is 0 Å². The van der Waals surface area contributed by atoms with E-state index in [-0.39, 0.29) is 11.9 Å². The summed E-state index contributed by atoms with van der Waals surface area (Å²) in [4.78, 5) is 0. The van der Waals surface area contributed by atoms with Gasteiger partial charge < -0.3 is 5.73 Å². The van der Waals surface area contributed by atoms with Crippen LogP contribution in [0.2, 0.25) is 0 Å². The van der Waals surface area contributed by atoms with Crippen LogP contribution in [0.3, 0.4) is 0 Å². The van der Waals surface area contributed by atoms with Gasteiger partial charge >= 0.3 is 0 Å². The van der Waals surface area contributed by atoms with Gasteiger partial charge in [-0.1, -0.05) is 12.1 Å². The summed E-state index contributed by atoms with van der Waals surface area (Å²) >= 11 is 0. The maximum atomic E-state index is 13.0. The van der Waals surface area contributed by atoms with E-state index in [1.54, 1.807) is 16.8 Å². The van der Waals surface area contributed by atoms with Crippen LogP contribution in [0.5, 0.6) is 0 Å². The van der Waals surface area contributed by atoms with E-state index in [0.29, 0.717) is 0 Å². The molecule has 0 radical (unpaired) electrons. The maximum Gasteiger partial charge on any atom is 0.123 e. The number of halogens is 1. The fourth-order valence-corrected chi connectivity index (χ4v) is 1.47. The highest BCUT2D eigenvalue weighted by atomic mass is 19.1. The lowest BCUT2D eigenvalue weighted by molar-refractivity contribution is 0.622. The van der Waals surface area contributed by atoms with Crippen molar-refractivity contribution in [1.82, 2.24) is 9.78 Å². The Labute approximate surface area is 87.3 Å². The molecule has 0 aliphatic heterocycles. The normalized spacial score (nSPS) is 12.7. The first-order valence-electron chi connectivity index (χ1n) is 4.67. The molecule has 78 valence electrons. The van der Waals surface area contributed by atoms with Crippen LogP contribution in [-0.2, 0) is 7.05 Å². The lowest BCUT2D eigenvalue weighted by Crippen LogP contribution is -2.13. The van der Waals surface area contributed by atoms with Crippen molar-refractivity contribution in [2.45, 2.75) is 6.04 Å². The molecule has 1 atom stereocenters. The second-order valence-electron chi connectivity index (χ2n) is 3.45. The lowest BCUT2D eigenvalue weighted by atomic mass is 10.1. The molecule has 1 heterocycles. The smallest absolute Gasteiger partial charge is 0.123 e. The van der Waals surface area contributed by atoms with Crippen LogP contribution in [0.1, 0.15) is 17.3 Å². The van der Waals surface area contributed by atoms with Crippen molar-refractivity contribution in [3.63, 3.8) is 0 Å². The largest absolute Gasteiger partial charge is 0.319 e. The molecular weight excluding hydrogens is 193 g/mol. The molecule has 1 unspecified atom stereocenters. The van der Waals surface area contributed by atoms with Crippen molar-refractivity contribution < 1.29 is 4.39 Å². The Hall–Kier alpha value is -1.68. The summed E-state index contributed by atoms with van der Waals surface area (Å²) in [5.41, 5.74) is 7.43. The molecule has 0 fully saturated rings. The zero-order chi connectivity index (χ0) is 10.8. The Morgan fingerprint density at radius 1 is 1.40 bits per heavy atom. The van der Waals surface area contributed by atoms with E-state index in [9.17, 15) is 4.39 Å². The van der Waals surface area contributed by atoms with Crippen molar-refractivity contribution >= 4 is 0 Å². The van der Waals surface area contributed by atoms with E-state index in [1.165, 1.54) is 12.1 Å². The molecule has 15 heavy (non-hydrogen) atoms. The highest BCUT2D eigenvalue weighted by Crippen LogP contribution is 2.18. The van der Waals surface area contributed by atoms with Crippen LogP contribution >= 0.6 is 0 Å². The number of nitrogens with zero attached hydrogens (tertiary/aromatic N) is 2. The molecule has 2 N–H and O–H groups in total. The topological polar surface area (TPSA) is 43.8 Å². The summed E-state index contributed by atoms with van der Waals surface area (Å²) < 4.78 is 14.6. The third-order valence-electron chi connectivity index (χ3n) is 2.26. The fraction of sp³-hybridized carbons (Fsp3) is 0.182. The second kappa shape index (κ2) is 3.82. The predicted octanol–water partition coefficient (Wildman–Crippen LogP) is 1.61. The Morgan fingerprint density at radius 3 is 2.80 bits per heavy atom. The molecule has 0 bridgehead atoms. The van der Waals surface area contributed by atoms with Crippen LogP contribution in [0.4, 0.5) is 4.39 Å². The predicted molar refractivity (Wildman–Crippen MR) is 55.6 cm³/mol. The third kappa shape index (κ3) is 2.05. The Bertz CT molecular complexity index is 464. The van der Waals surface area contributed by atoms with E-state index >= 15 is 0 Å². The summed E-state index contributed by atoms with van der Waals surface area (Å²) in [6.07, 6.45) is 1.81. The zero-order valence-corrected chi connectivity index (χ0v) is 8.39. The lowest BCUT2D eigenvalue weighted by Gasteiger charge is -2.08. The first kappa shape index (κ1) is 9.86. The van der Waals surface area contributed by atoms with Crippen LogP contribution in [0.25, 0.3) is 0 Å². The SMILES string of the molecule is Cn1ccc(C(N)c2cccc(F)c2)n1. The minimum Gasteiger partial charge on any atom is -0.319 e. The molecule has 0 aliphatic carbocycles. The third-order valence-corrected chi connectivity index (χ3v) is 2.26. The summed E-state index contributed by atoms with van der Waals surface area (Å²) in [5.74, 6) is -0.279. The average molecular weight is 205 g/mol. The number of hydrogen-bond donors (Lipinski definition) is 1. The number of aryl methyl sites for hydroxylation is 1. The van der Waals surface area contributed by atoms with Crippen molar-refractivity contribution in [2.75, 3.05) is 0 Å². The van der Waals surface area contributed by atoms with Crippen LogP contribution in [0.15, 0.2) is 36.5 Å². The van der Waals surface area contributed by atoms with Gasteiger partial charge in [0.25, 0.3) is 0 Å². The van der Waals surface area contributed by atoms with Gasteiger partial charge in [0, 0.05) is 13.2 Å². The zero-order valence-electron chi connectivity index (χ0n) is 8.39. The van der Waals surface area contributed by atoms with Gasteiger partial charge in [-0.25, -0.2) is 4.39 Å². The van der Waals surface area contributed by atoms with Crippen molar-refractivity contribution in [3.8, 4) is 0 Å². The summed E-state index contributed by atoms with van der Waals surface area (Å²) in [6, 6.07) is 7.72. The van der Waals surface area contributed by atoms with E-state index in [1.807, 2.05) is 19.3 Å². The van der Waals surface area contributed by atoms with E-state index in [2.05, 4.69) is 5.10 Å². The highest BCUT2D eigenvalue weighted by Gasteiger charge is 2.11. The van der Waals surface area contributed by atoms with Gasteiger partial charge in [-0.3, -0.25) is 4.68 Å². The summed E-state index contributed by atoms with van der Waals surface area (Å²) in [6.45, 7) is 0. The number of aromatic nitrogens is 2. The van der Waals surface area contributed by atoms with Gasteiger partial charge in [0.2, 0.25) is 0 Å². The van der Waals surface area contributed by atoms with Crippen molar-refractivity contribution in [1.29, 1.82) is 0 Å². The second-order valence-corrected chi connectivity index (χ2v) is 3.45. The van der Waals surface area contributed by atoms with E-state index < -0.39 is 0 Å². The number of hydrogen-bond acceptors (Lipinski definition) is 2. The Kier molecular flexibility index (Phi) is 2.51. The van der Waals surface area contributed by atoms with Crippen molar-refractivity contribution in [2.24, 2.45) is 12.8 Å². The first-order valence-corrected chi connectivity index (χ1v) is 4.67. The number of rotatable bonds is 2. The van der Waals surface area contributed by atoms with Gasteiger partial charge in [0.1, 0.15) is 5.82 Å². The maximum absolute atomic E-state index is 13.0. The highest BCUT2D eigenvalue weighted by molar-refractivity contribution is 5.26. The average Bonchev–Trinajstić information content (AvgIpc) is 2.64. The molecule has 0 aliphatic rings. The molecule has 2 aromatic rings. The van der Waals surface area contributed by atoms with Gasteiger partial charge in [-0.15, -0.1) is 0 Å². The van der Waals surface area contributed by atoms with Gasteiger partial charge in [-0.2, -0.15) is 5.10 Å². The van der Waals surface area contributed by atoms with Crippen LogP contribution < -0.4 is 5.73 Å². The van der Waals surface area contributed by atoms with Crippen LogP contribution in [-0.4, -0.2) is 9.78 Å².